The maximum Gasteiger partial charge on any atom is 0.338 e. The fraction of sp³-hybridized carbons (Fsp3) is 0.150. The van der Waals surface area contributed by atoms with Crippen molar-refractivity contribution in [3.63, 3.8) is 0 Å². The summed E-state index contributed by atoms with van der Waals surface area (Å²) in [7, 11) is 1.62. The van der Waals surface area contributed by atoms with E-state index in [-0.39, 0.29) is 21.7 Å². The summed E-state index contributed by atoms with van der Waals surface area (Å²) < 4.78 is 4.95. The maximum atomic E-state index is 12.5. The first-order chi connectivity index (χ1) is 13.8. The van der Waals surface area contributed by atoms with Crippen LogP contribution in [0.15, 0.2) is 46.3 Å². The second kappa shape index (κ2) is 8.90. The molecule has 0 unspecified atom stereocenters. The molecule has 1 amide bonds. The first-order valence-corrected chi connectivity index (χ1v) is 10.1. The number of phenols is 1. The number of ether oxygens (including phenoxy) is 1. The van der Waals surface area contributed by atoms with Crippen LogP contribution in [0.25, 0.3) is 6.08 Å². The molecule has 29 heavy (non-hydrogen) atoms. The van der Waals surface area contributed by atoms with Crippen molar-refractivity contribution in [3.8, 4) is 5.75 Å². The number of amidine groups is 1. The van der Waals surface area contributed by atoms with Gasteiger partial charge in [0.15, 0.2) is 10.9 Å². The molecule has 6 nitrogen and oxygen atoms in total. The van der Waals surface area contributed by atoms with Crippen LogP contribution >= 0.6 is 35.0 Å². The number of likely N-dealkylation sites (N-methyl/N-ethyl adjacent to an activating group) is 1. The number of nitrogens with zero attached hydrogens (tertiary/aromatic N) is 2. The standard InChI is InChI=1S/C20H16Cl2N2O4S/c1-3-28-19(27)12-4-6-13(7-5-12)23-20-24(2)18(26)16(29-20)10-11-8-14(21)17(25)15(22)9-11/h4-10,25H,3H2,1-2H3/b16-10+,23-20?. The van der Waals surface area contributed by atoms with Crippen LogP contribution in [-0.4, -0.2) is 40.7 Å². The van der Waals surface area contributed by atoms with Gasteiger partial charge in [-0.3, -0.25) is 9.69 Å². The highest BCUT2D eigenvalue weighted by atomic mass is 35.5. The molecule has 0 bridgehead atoms. The highest BCUT2D eigenvalue weighted by Crippen LogP contribution is 2.36. The van der Waals surface area contributed by atoms with Crippen LogP contribution in [0.5, 0.6) is 5.75 Å². The average molecular weight is 451 g/mol. The summed E-state index contributed by atoms with van der Waals surface area (Å²) in [5, 5.41) is 10.4. The van der Waals surface area contributed by atoms with Crippen LogP contribution in [0.3, 0.4) is 0 Å². The zero-order chi connectivity index (χ0) is 21.1. The maximum absolute atomic E-state index is 12.5. The van der Waals surface area contributed by atoms with E-state index in [4.69, 9.17) is 27.9 Å². The van der Waals surface area contributed by atoms with E-state index in [1.54, 1.807) is 44.3 Å². The van der Waals surface area contributed by atoms with Gasteiger partial charge in [0, 0.05) is 7.05 Å². The summed E-state index contributed by atoms with van der Waals surface area (Å²) in [6.07, 6.45) is 1.63. The molecule has 1 aliphatic rings. The Bertz CT molecular complexity index is 1010. The predicted octanol–water partition coefficient (Wildman–Crippen LogP) is 5.11. The second-order valence-electron chi connectivity index (χ2n) is 5.97. The monoisotopic (exact) mass is 450 g/mol. The van der Waals surface area contributed by atoms with Gasteiger partial charge in [-0.15, -0.1) is 0 Å². The van der Waals surface area contributed by atoms with E-state index in [0.717, 1.165) is 0 Å². The SMILES string of the molecule is CCOC(=O)c1ccc(N=C2S/C(=C/c3cc(Cl)c(O)c(Cl)c3)C(=O)N2C)cc1. The lowest BCUT2D eigenvalue weighted by Gasteiger charge is -2.07. The van der Waals surface area contributed by atoms with Gasteiger partial charge >= 0.3 is 5.97 Å². The fourth-order valence-electron chi connectivity index (χ4n) is 2.47. The van der Waals surface area contributed by atoms with Crippen molar-refractivity contribution in [2.75, 3.05) is 13.7 Å². The molecule has 0 aliphatic carbocycles. The topological polar surface area (TPSA) is 79.2 Å². The number of aromatic hydroxyl groups is 1. The van der Waals surface area contributed by atoms with E-state index in [1.807, 2.05) is 0 Å². The van der Waals surface area contributed by atoms with E-state index >= 15 is 0 Å². The molecule has 0 radical (unpaired) electrons. The van der Waals surface area contributed by atoms with Gasteiger partial charge in [0.1, 0.15) is 0 Å². The molecule has 2 aromatic carbocycles. The van der Waals surface area contributed by atoms with E-state index in [9.17, 15) is 14.7 Å². The van der Waals surface area contributed by atoms with Gasteiger partial charge in [-0.2, -0.15) is 0 Å². The molecule has 3 rings (SSSR count). The number of phenolic OH excluding ortho intramolecular Hbond substituents is 1. The quantitative estimate of drug-likeness (QED) is 0.516. The molecule has 0 spiro atoms. The van der Waals surface area contributed by atoms with Crippen LogP contribution in [0.1, 0.15) is 22.8 Å². The normalized spacial score (nSPS) is 16.7. The van der Waals surface area contributed by atoms with Gasteiger partial charge in [0.25, 0.3) is 5.91 Å². The summed E-state index contributed by atoms with van der Waals surface area (Å²) >= 11 is 13.1. The molecule has 1 N–H and O–H groups in total. The number of halogens is 2. The average Bonchev–Trinajstić information content (AvgIpc) is 2.94. The zero-order valence-corrected chi connectivity index (χ0v) is 17.8. The first-order valence-electron chi connectivity index (χ1n) is 8.51. The lowest BCUT2D eigenvalue weighted by atomic mass is 10.2. The summed E-state index contributed by atoms with van der Waals surface area (Å²) in [5.74, 6) is -0.825. The Hall–Kier alpha value is -2.48. The number of rotatable bonds is 4. The molecule has 1 saturated heterocycles. The van der Waals surface area contributed by atoms with Gasteiger partial charge in [0.05, 0.1) is 32.8 Å². The molecule has 1 fully saturated rings. The van der Waals surface area contributed by atoms with Crippen molar-refractivity contribution in [1.82, 2.24) is 4.90 Å². The van der Waals surface area contributed by atoms with Crippen molar-refractivity contribution >= 4 is 63.8 Å². The van der Waals surface area contributed by atoms with Crippen molar-refractivity contribution in [2.24, 2.45) is 4.99 Å². The smallest absolute Gasteiger partial charge is 0.338 e. The summed E-state index contributed by atoms with van der Waals surface area (Å²) in [6, 6.07) is 9.64. The van der Waals surface area contributed by atoms with Crippen molar-refractivity contribution in [2.45, 2.75) is 6.92 Å². The minimum absolute atomic E-state index is 0.101. The number of hydrogen-bond acceptors (Lipinski definition) is 6. The molecule has 1 aliphatic heterocycles. The van der Waals surface area contributed by atoms with Gasteiger partial charge in [-0.1, -0.05) is 23.2 Å². The lowest BCUT2D eigenvalue weighted by molar-refractivity contribution is -0.121. The van der Waals surface area contributed by atoms with Gasteiger partial charge in [-0.25, -0.2) is 9.79 Å². The largest absolute Gasteiger partial charge is 0.505 e. The van der Waals surface area contributed by atoms with Crippen LogP contribution in [0.4, 0.5) is 5.69 Å². The Morgan fingerprint density at radius 1 is 1.24 bits per heavy atom. The van der Waals surface area contributed by atoms with Crippen LogP contribution in [0, 0.1) is 0 Å². The number of carbonyl (C=O) groups is 2. The lowest BCUT2D eigenvalue weighted by Crippen LogP contribution is -2.23. The molecule has 2 aromatic rings. The number of aliphatic imine (C=N–C) groups is 1. The third kappa shape index (κ3) is 4.75. The molecule has 1 heterocycles. The molecule has 9 heteroatoms. The molecule has 0 atom stereocenters. The summed E-state index contributed by atoms with van der Waals surface area (Å²) in [6.45, 7) is 2.05. The number of benzene rings is 2. The van der Waals surface area contributed by atoms with Crippen LogP contribution in [0.2, 0.25) is 10.0 Å². The van der Waals surface area contributed by atoms with Crippen molar-refractivity contribution in [1.29, 1.82) is 0 Å². The number of thioether (sulfide) groups is 1. The zero-order valence-electron chi connectivity index (χ0n) is 15.5. The van der Waals surface area contributed by atoms with Crippen molar-refractivity contribution in [3.05, 3.63) is 62.5 Å². The van der Waals surface area contributed by atoms with E-state index in [0.29, 0.717) is 33.5 Å². The minimum atomic E-state index is -0.398. The molecular weight excluding hydrogens is 435 g/mol. The number of esters is 1. The molecule has 0 saturated carbocycles. The Labute approximate surface area is 181 Å². The van der Waals surface area contributed by atoms with Crippen LogP contribution in [-0.2, 0) is 9.53 Å². The summed E-state index contributed by atoms with van der Waals surface area (Å²) in [4.78, 5) is 30.6. The molecule has 150 valence electrons. The third-order valence-electron chi connectivity index (χ3n) is 3.94. The number of amides is 1. The highest BCUT2D eigenvalue weighted by Gasteiger charge is 2.30. The second-order valence-corrected chi connectivity index (χ2v) is 7.79. The van der Waals surface area contributed by atoms with E-state index < -0.39 is 5.97 Å². The van der Waals surface area contributed by atoms with Gasteiger partial charge < -0.3 is 9.84 Å². The minimum Gasteiger partial charge on any atom is -0.505 e. The molecular formula is C20H16Cl2N2O4S. The van der Waals surface area contributed by atoms with E-state index in [2.05, 4.69) is 4.99 Å². The first kappa shape index (κ1) is 21.2. The van der Waals surface area contributed by atoms with Crippen LogP contribution < -0.4 is 0 Å². The Morgan fingerprint density at radius 2 is 1.86 bits per heavy atom. The number of hydrogen-bond donors (Lipinski definition) is 1. The van der Waals surface area contributed by atoms with E-state index in [1.165, 1.54) is 28.8 Å². The Kier molecular flexibility index (Phi) is 6.52. The third-order valence-corrected chi connectivity index (χ3v) is 5.58. The highest BCUT2D eigenvalue weighted by molar-refractivity contribution is 8.18. The Balaban J connectivity index is 1.84. The van der Waals surface area contributed by atoms with Gasteiger partial charge in [-0.05, 0) is 66.7 Å². The van der Waals surface area contributed by atoms with Gasteiger partial charge in [0.2, 0.25) is 0 Å². The summed E-state index contributed by atoms with van der Waals surface area (Å²) in [5.41, 5.74) is 1.61. The fourth-order valence-corrected chi connectivity index (χ4v) is 3.96. The van der Waals surface area contributed by atoms with Crippen molar-refractivity contribution < 1.29 is 19.4 Å². The predicted molar refractivity (Wildman–Crippen MR) is 116 cm³/mol. The number of carbonyl (C=O) groups excluding carboxylic acids is 2. The Morgan fingerprint density at radius 3 is 2.45 bits per heavy atom. The molecule has 0 aromatic heterocycles.